The molecule has 1 saturated heterocycles. The van der Waals surface area contributed by atoms with E-state index in [1.54, 1.807) is 0 Å². The molecule has 3 rings (SSSR count). The Balaban J connectivity index is 0.00000243. The third-order valence-corrected chi connectivity index (χ3v) is 7.02. The molecule has 4 atom stereocenters. The molecule has 1 aromatic rings. The van der Waals surface area contributed by atoms with Crippen LogP contribution in [0.15, 0.2) is 24.3 Å². The van der Waals surface area contributed by atoms with Crippen LogP contribution in [0.5, 0.6) is 0 Å². The fourth-order valence-electron chi connectivity index (χ4n) is 4.43. The Morgan fingerprint density at radius 3 is 2.23 bits per heavy atom. The van der Waals surface area contributed by atoms with Crippen LogP contribution in [0.2, 0.25) is 0 Å². The molecule has 3 N–H and O–H groups in total. The summed E-state index contributed by atoms with van der Waals surface area (Å²) in [6.45, 7) is 5.73. The number of anilines is 1. The van der Waals surface area contributed by atoms with Crippen LogP contribution in [0.4, 0.5) is 5.69 Å². The molecule has 1 aliphatic carbocycles. The topological polar surface area (TPSA) is 58.4 Å². The number of halogens is 3. The molecule has 146 valence electrons. The van der Waals surface area contributed by atoms with E-state index in [0.717, 1.165) is 30.8 Å². The van der Waals surface area contributed by atoms with E-state index in [-0.39, 0.29) is 34.5 Å². The van der Waals surface area contributed by atoms with Crippen LogP contribution in [0.3, 0.4) is 0 Å². The van der Waals surface area contributed by atoms with E-state index in [2.05, 4.69) is 29.3 Å². The summed E-state index contributed by atoms with van der Waals surface area (Å²) in [4.78, 5) is 13.6. The number of rotatable bonds is 3. The van der Waals surface area contributed by atoms with Crippen LogP contribution in [0, 0.1) is 0 Å². The molecule has 1 amide bonds. The molecule has 26 heavy (non-hydrogen) atoms. The third-order valence-electron chi connectivity index (χ3n) is 5.97. The van der Waals surface area contributed by atoms with E-state index in [1.807, 2.05) is 12.1 Å². The van der Waals surface area contributed by atoms with Crippen LogP contribution >= 0.6 is 35.6 Å². The molecule has 4 nitrogen and oxygen atoms in total. The summed E-state index contributed by atoms with van der Waals surface area (Å²) in [6.07, 6.45) is 3.75. The van der Waals surface area contributed by atoms with Crippen LogP contribution in [-0.2, 0) is 10.2 Å². The minimum Gasteiger partial charge on any atom is -0.326 e. The van der Waals surface area contributed by atoms with Crippen molar-refractivity contribution in [1.29, 1.82) is 0 Å². The van der Waals surface area contributed by atoms with E-state index in [4.69, 9.17) is 28.9 Å². The zero-order chi connectivity index (χ0) is 18.2. The van der Waals surface area contributed by atoms with Crippen LogP contribution in [-0.4, -0.2) is 40.3 Å². The van der Waals surface area contributed by atoms with E-state index in [1.165, 1.54) is 19.8 Å². The minimum absolute atomic E-state index is 0. The molecule has 1 aromatic carbocycles. The summed E-state index contributed by atoms with van der Waals surface area (Å²) in [6, 6.07) is 7.98. The summed E-state index contributed by atoms with van der Waals surface area (Å²) in [5, 5.41) is 2.58. The molecule has 0 radical (unpaired) electrons. The lowest BCUT2D eigenvalue weighted by molar-refractivity contribution is -0.114. The zero-order valence-corrected chi connectivity index (χ0v) is 17.6. The smallest absolute Gasteiger partial charge is 0.221 e. The second-order valence-corrected chi connectivity index (χ2v) is 8.77. The number of nitrogens with zero attached hydrogens (tertiary/aromatic N) is 1. The van der Waals surface area contributed by atoms with Crippen molar-refractivity contribution in [3.63, 3.8) is 0 Å². The molecule has 1 saturated carbocycles. The predicted octanol–water partition coefficient (Wildman–Crippen LogP) is 4.08. The average Bonchev–Trinajstić information content (AvgIpc) is 3.08. The van der Waals surface area contributed by atoms with Gasteiger partial charge in [0.2, 0.25) is 5.91 Å². The normalized spacial score (nSPS) is 35.0. The molecule has 2 aliphatic rings. The predicted molar refractivity (Wildman–Crippen MR) is 112 cm³/mol. The third kappa shape index (κ3) is 3.85. The minimum atomic E-state index is -0.517. The molecule has 7 heteroatoms. The highest BCUT2D eigenvalue weighted by atomic mass is 35.5. The average molecular weight is 421 g/mol. The lowest BCUT2D eigenvalue weighted by Crippen LogP contribution is -2.71. The van der Waals surface area contributed by atoms with Gasteiger partial charge in [0, 0.05) is 18.0 Å². The summed E-state index contributed by atoms with van der Waals surface area (Å²) < 4.78 is 0. The Morgan fingerprint density at radius 1 is 1.15 bits per heavy atom. The van der Waals surface area contributed by atoms with Crippen molar-refractivity contribution < 1.29 is 4.79 Å². The fraction of sp³-hybridized carbons (Fsp3) is 0.632. The van der Waals surface area contributed by atoms with E-state index in [0.29, 0.717) is 6.42 Å². The van der Waals surface area contributed by atoms with E-state index < -0.39 is 5.66 Å². The first-order valence-corrected chi connectivity index (χ1v) is 9.84. The number of benzene rings is 1. The monoisotopic (exact) mass is 419 g/mol. The molecule has 0 bridgehead atoms. The Morgan fingerprint density at radius 2 is 1.69 bits per heavy atom. The van der Waals surface area contributed by atoms with Gasteiger partial charge in [0.05, 0.1) is 16.4 Å². The zero-order valence-electron chi connectivity index (χ0n) is 15.3. The summed E-state index contributed by atoms with van der Waals surface area (Å²) in [5.41, 5.74) is 8.17. The highest BCUT2D eigenvalue weighted by Gasteiger charge is 2.56. The molecular weight excluding hydrogens is 393 g/mol. The first kappa shape index (κ1) is 21.8. The highest BCUT2D eigenvalue weighted by molar-refractivity contribution is 6.30. The van der Waals surface area contributed by atoms with Gasteiger partial charge < -0.3 is 11.1 Å². The fourth-order valence-corrected chi connectivity index (χ4v) is 5.15. The van der Waals surface area contributed by atoms with Crippen molar-refractivity contribution in [3.8, 4) is 0 Å². The van der Waals surface area contributed by atoms with Crippen LogP contribution < -0.4 is 11.1 Å². The van der Waals surface area contributed by atoms with Gasteiger partial charge in [-0.15, -0.1) is 35.6 Å². The summed E-state index contributed by atoms with van der Waals surface area (Å²) in [7, 11) is 0. The summed E-state index contributed by atoms with van der Waals surface area (Å²) in [5.74, 6) is -0.0762. The van der Waals surface area contributed by atoms with Crippen molar-refractivity contribution in [2.24, 2.45) is 5.73 Å². The van der Waals surface area contributed by atoms with Gasteiger partial charge >= 0.3 is 0 Å². The van der Waals surface area contributed by atoms with Crippen LogP contribution in [0.1, 0.15) is 45.1 Å². The first-order valence-electron chi connectivity index (χ1n) is 8.96. The summed E-state index contributed by atoms with van der Waals surface area (Å²) >= 11 is 13.1. The van der Waals surface area contributed by atoms with Gasteiger partial charge in [-0.2, -0.15) is 0 Å². The number of nitrogens with two attached hydrogens (primary N) is 1. The number of nitrogens with one attached hydrogen (secondary N) is 1. The van der Waals surface area contributed by atoms with Gasteiger partial charge in [-0.05, 0) is 56.5 Å². The standard InChI is InChI=1S/C19H27Cl2N3O.ClH/c1-13(25)23-15-7-5-14(6-8-15)18(2)11-16(20)17(21)12-19(18,22)24-9-3-4-10-24;/h5-8,16-17H,3-4,9-12,22H2,1-2H3,(H,23,25);1H. The molecule has 1 heterocycles. The highest BCUT2D eigenvalue weighted by Crippen LogP contribution is 2.50. The number of alkyl halides is 2. The van der Waals surface area contributed by atoms with Crippen molar-refractivity contribution in [1.82, 2.24) is 4.90 Å². The Bertz CT molecular complexity index is 635. The van der Waals surface area contributed by atoms with Crippen LogP contribution in [0.25, 0.3) is 0 Å². The molecule has 1 aliphatic heterocycles. The van der Waals surface area contributed by atoms with Crippen molar-refractivity contribution in [2.45, 2.75) is 61.4 Å². The van der Waals surface area contributed by atoms with E-state index in [9.17, 15) is 4.79 Å². The van der Waals surface area contributed by atoms with Gasteiger partial charge in [0.25, 0.3) is 0 Å². The van der Waals surface area contributed by atoms with Crippen molar-refractivity contribution in [3.05, 3.63) is 29.8 Å². The Kier molecular flexibility index (Phi) is 6.90. The second kappa shape index (κ2) is 8.24. The number of hydrogen-bond donors (Lipinski definition) is 2. The maximum atomic E-state index is 11.2. The molecular formula is C19H28Cl3N3O. The number of likely N-dealkylation sites (tertiary alicyclic amines) is 1. The molecule has 4 unspecified atom stereocenters. The molecule has 0 spiro atoms. The molecule has 0 aromatic heterocycles. The first-order chi connectivity index (χ1) is 11.8. The lowest BCUT2D eigenvalue weighted by atomic mass is 9.62. The second-order valence-electron chi connectivity index (χ2n) is 7.65. The number of carbonyl (C=O) groups excluding carboxylic acids is 1. The maximum absolute atomic E-state index is 11.2. The van der Waals surface area contributed by atoms with Gasteiger partial charge in [-0.25, -0.2) is 0 Å². The SMILES string of the molecule is CC(=O)Nc1ccc(C2(C)CC(Cl)C(Cl)CC2(N)N2CCCC2)cc1.Cl. The van der Waals surface area contributed by atoms with E-state index >= 15 is 0 Å². The van der Waals surface area contributed by atoms with Gasteiger partial charge in [0.15, 0.2) is 0 Å². The lowest BCUT2D eigenvalue weighted by Gasteiger charge is -2.57. The van der Waals surface area contributed by atoms with Gasteiger partial charge in [-0.3, -0.25) is 9.69 Å². The number of amides is 1. The van der Waals surface area contributed by atoms with Gasteiger partial charge in [0.1, 0.15) is 0 Å². The van der Waals surface area contributed by atoms with Crippen molar-refractivity contribution >= 4 is 47.2 Å². The van der Waals surface area contributed by atoms with Crippen molar-refractivity contribution in [2.75, 3.05) is 18.4 Å². The number of hydrogen-bond acceptors (Lipinski definition) is 3. The Hall–Kier alpha value is -0.520. The van der Waals surface area contributed by atoms with Gasteiger partial charge in [-0.1, -0.05) is 19.1 Å². The number of carbonyl (C=O) groups is 1. The largest absolute Gasteiger partial charge is 0.326 e. The quantitative estimate of drug-likeness (QED) is 0.724. The maximum Gasteiger partial charge on any atom is 0.221 e. The molecule has 2 fully saturated rings. The Labute approximate surface area is 172 Å².